The Morgan fingerprint density at radius 3 is 2.00 bits per heavy atom. The van der Waals surface area contributed by atoms with Gasteiger partial charge < -0.3 is 10.2 Å². The van der Waals surface area contributed by atoms with Crippen LogP contribution in [0, 0.1) is 0 Å². The minimum absolute atomic E-state index is 0. The summed E-state index contributed by atoms with van der Waals surface area (Å²) in [5.74, 6) is 0. The molecule has 1 rings (SSSR count). The Hall–Kier alpha value is 0.437. The van der Waals surface area contributed by atoms with Crippen LogP contribution in [0.2, 0.25) is 0 Å². The van der Waals surface area contributed by atoms with E-state index in [0.717, 1.165) is 0 Å². The molecule has 0 aliphatic heterocycles. The van der Waals surface area contributed by atoms with Crippen LogP contribution in [0.25, 0.3) is 0 Å². The normalized spacial score (nSPS) is 8.07. The van der Waals surface area contributed by atoms with Gasteiger partial charge >= 0.3 is 0 Å². The van der Waals surface area contributed by atoms with Gasteiger partial charge in [0.25, 0.3) is 0 Å². The average molecular weight is 555 g/mol. The number of aliphatic hydroxyl groups excluding tert-OH is 2. The maximum atomic E-state index is 8.84. The van der Waals surface area contributed by atoms with Crippen LogP contribution >= 0.6 is 0 Å². The van der Waals surface area contributed by atoms with Crippen LogP contribution < -0.4 is 0 Å². The molecule has 1 aromatic heterocycles. The molecule has 0 bridgehead atoms. The smallest absolute Gasteiger partial charge is 0.114 e. The fourth-order valence-corrected chi connectivity index (χ4v) is 0.919. The minimum atomic E-state index is -0.171. The van der Waals surface area contributed by atoms with E-state index in [1.165, 1.54) is 0 Å². The van der Waals surface area contributed by atoms with Gasteiger partial charge in [0.05, 0.1) is 18.9 Å². The van der Waals surface area contributed by atoms with E-state index in [4.69, 9.17) is 10.2 Å². The molecule has 0 aromatic carbocycles. The largest absolute Gasteiger partial charge is 0.390 e. The van der Waals surface area contributed by atoms with Crippen LogP contribution in [-0.4, -0.2) is 25.2 Å². The third-order valence-electron chi connectivity index (χ3n) is 1.52. The number of hydrogen-bond acceptors (Lipinski definition) is 4. The number of nitrogens with zero attached hydrogens (tertiary/aromatic N) is 3. The maximum absolute atomic E-state index is 8.84. The van der Waals surface area contributed by atoms with Crippen molar-refractivity contribution in [1.29, 1.82) is 0 Å². The molecule has 0 aliphatic rings. The SMILES string of the molecule is CC.CCn1nnc(CO)c1CO.[W].[W]. The molecule has 0 aliphatic carbocycles. The summed E-state index contributed by atoms with van der Waals surface area (Å²) in [5, 5.41) is 25.0. The summed E-state index contributed by atoms with van der Waals surface area (Å²) in [5.41, 5.74) is 1.05. The zero-order valence-electron chi connectivity index (χ0n) is 9.17. The average Bonchev–Trinajstić information content (AvgIpc) is 2.62. The molecule has 5 nitrogen and oxygen atoms in total. The molecule has 0 saturated carbocycles. The third kappa shape index (κ3) is 5.91. The quantitative estimate of drug-likeness (QED) is 0.564. The molecular weight excluding hydrogens is 538 g/mol. The Labute approximate surface area is 119 Å². The van der Waals surface area contributed by atoms with Crippen molar-refractivity contribution in [2.75, 3.05) is 0 Å². The number of aliphatic hydroxyl groups is 2. The van der Waals surface area contributed by atoms with E-state index < -0.39 is 0 Å². The first-order chi connectivity index (χ1) is 6.33. The first-order valence-corrected chi connectivity index (χ1v) is 4.46. The standard InChI is InChI=1S/C6H11N3O2.C2H6.2W/c1-2-9-6(4-11)5(3-10)7-8-9;1-2;;/h10-11H,2-4H2,1H3;1-2H3;;. The van der Waals surface area contributed by atoms with E-state index >= 15 is 0 Å². The van der Waals surface area contributed by atoms with Crippen LogP contribution in [0.5, 0.6) is 0 Å². The van der Waals surface area contributed by atoms with Crippen LogP contribution in [0.15, 0.2) is 0 Å². The summed E-state index contributed by atoms with van der Waals surface area (Å²) in [7, 11) is 0. The Bertz CT molecular complexity index is 222. The van der Waals surface area contributed by atoms with E-state index in [9.17, 15) is 0 Å². The zero-order valence-corrected chi connectivity index (χ0v) is 15.0. The van der Waals surface area contributed by atoms with Crippen LogP contribution in [0.1, 0.15) is 32.2 Å². The van der Waals surface area contributed by atoms with Crippen LogP contribution in [-0.2, 0) is 61.9 Å². The monoisotopic (exact) mass is 555 g/mol. The van der Waals surface area contributed by atoms with Crippen molar-refractivity contribution in [1.82, 2.24) is 15.0 Å². The van der Waals surface area contributed by atoms with Crippen molar-refractivity contribution < 1.29 is 52.3 Å². The fraction of sp³-hybridized carbons (Fsp3) is 0.750. The first-order valence-electron chi connectivity index (χ1n) is 4.46. The summed E-state index contributed by atoms with van der Waals surface area (Å²) < 4.78 is 1.56. The molecule has 0 fully saturated rings. The molecule has 1 aromatic rings. The van der Waals surface area contributed by atoms with Gasteiger partial charge in [0.1, 0.15) is 5.69 Å². The zero-order chi connectivity index (χ0) is 10.3. The second kappa shape index (κ2) is 12.5. The van der Waals surface area contributed by atoms with E-state index in [-0.39, 0.29) is 55.3 Å². The van der Waals surface area contributed by atoms with Crippen molar-refractivity contribution in [2.24, 2.45) is 0 Å². The predicted molar refractivity (Wildman–Crippen MR) is 48.9 cm³/mol. The molecular formula is C8H17N3O2W2. The Balaban J connectivity index is -0.000000339. The summed E-state index contributed by atoms with van der Waals surface area (Å²) in [6, 6.07) is 0. The topological polar surface area (TPSA) is 71.2 Å². The molecule has 0 unspecified atom stereocenters. The van der Waals surface area contributed by atoms with E-state index in [1.807, 2.05) is 20.8 Å². The summed E-state index contributed by atoms with van der Waals surface area (Å²) in [4.78, 5) is 0. The molecule has 2 N–H and O–H groups in total. The fourth-order valence-electron chi connectivity index (χ4n) is 0.919. The molecule has 0 saturated heterocycles. The van der Waals surface area contributed by atoms with Crippen molar-refractivity contribution in [2.45, 2.75) is 40.5 Å². The molecule has 1 heterocycles. The van der Waals surface area contributed by atoms with E-state index in [2.05, 4.69) is 10.3 Å². The van der Waals surface area contributed by atoms with Gasteiger partial charge in [0.15, 0.2) is 0 Å². The van der Waals surface area contributed by atoms with Gasteiger partial charge in [-0.05, 0) is 6.92 Å². The van der Waals surface area contributed by atoms with Crippen molar-refractivity contribution in [3.8, 4) is 0 Å². The van der Waals surface area contributed by atoms with Gasteiger partial charge in [0, 0.05) is 48.7 Å². The molecule has 88 valence electrons. The van der Waals surface area contributed by atoms with Crippen molar-refractivity contribution >= 4 is 0 Å². The molecule has 15 heavy (non-hydrogen) atoms. The first kappa shape index (κ1) is 20.8. The van der Waals surface area contributed by atoms with Crippen LogP contribution in [0.3, 0.4) is 0 Å². The van der Waals surface area contributed by atoms with Gasteiger partial charge in [-0.25, -0.2) is 4.68 Å². The third-order valence-corrected chi connectivity index (χ3v) is 1.52. The molecule has 0 amide bonds. The summed E-state index contributed by atoms with van der Waals surface area (Å²) in [6.45, 7) is 6.25. The number of hydrogen-bond donors (Lipinski definition) is 2. The van der Waals surface area contributed by atoms with E-state index in [0.29, 0.717) is 17.9 Å². The Morgan fingerprint density at radius 1 is 1.13 bits per heavy atom. The molecule has 7 heteroatoms. The van der Waals surface area contributed by atoms with Gasteiger partial charge in [-0.3, -0.25) is 0 Å². The number of rotatable bonds is 3. The van der Waals surface area contributed by atoms with Crippen molar-refractivity contribution in [3.63, 3.8) is 0 Å². The summed E-state index contributed by atoms with van der Waals surface area (Å²) >= 11 is 0. The molecule has 0 radical (unpaired) electrons. The maximum Gasteiger partial charge on any atom is 0.114 e. The second-order valence-electron chi connectivity index (χ2n) is 2.11. The number of aromatic nitrogens is 3. The minimum Gasteiger partial charge on any atom is -0.390 e. The van der Waals surface area contributed by atoms with E-state index in [1.54, 1.807) is 4.68 Å². The van der Waals surface area contributed by atoms with Gasteiger partial charge in [-0.1, -0.05) is 19.1 Å². The molecule has 0 spiro atoms. The summed E-state index contributed by atoms with van der Waals surface area (Å²) in [6.07, 6.45) is 0. The Morgan fingerprint density at radius 2 is 1.67 bits per heavy atom. The Kier molecular flexibility index (Phi) is 17.3. The molecule has 0 atom stereocenters. The number of aryl methyl sites for hydroxylation is 1. The van der Waals surface area contributed by atoms with Gasteiger partial charge in [0.2, 0.25) is 0 Å². The van der Waals surface area contributed by atoms with Gasteiger partial charge in [-0.2, -0.15) is 0 Å². The van der Waals surface area contributed by atoms with Crippen molar-refractivity contribution in [3.05, 3.63) is 11.4 Å². The van der Waals surface area contributed by atoms with Crippen LogP contribution in [0.4, 0.5) is 0 Å². The van der Waals surface area contributed by atoms with Gasteiger partial charge in [-0.15, -0.1) is 5.10 Å². The second-order valence-corrected chi connectivity index (χ2v) is 2.11. The predicted octanol–water partition coefficient (Wildman–Crippen LogP) is 0.304.